The summed E-state index contributed by atoms with van der Waals surface area (Å²) in [6.07, 6.45) is 26.6. The molecule has 0 aliphatic heterocycles. The predicted octanol–water partition coefficient (Wildman–Crippen LogP) is 7.67. The van der Waals surface area contributed by atoms with Crippen LogP contribution in [0.25, 0.3) is 10.8 Å². The summed E-state index contributed by atoms with van der Waals surface area (Å²) in [5.41, 5.74) is 1.75. The molecular weight excluding hydrogens is 528 g/mol. The molecule has 0 amide bonds. The molecule has 0 spiro atoms. The third-order valence-corrected chi connectivity index (χ3v) is 8.95. The third-order valence-electron chi connectivity index (χ3n) is 8.05. The molecule has 0 bridgehead atoms. The van der Waals surface area contributed by atoms with Crippen LogP contribution in [0.4, 0.5) is 0 Å². The van der Waals surface area contributed by atoms with Crippen molar-refractivity contribution >= 4 is 20.9 Å². The predicted molar refractivity (Wildman–Crippen MR) is 163 cm³/mol. The minimum absolute atomic E-state index is 0. The Morgan fingerprint density at radius 3 is 1.38 bits per heavy atom. The van der Waals surface area contributed by atoms with E-state index in [0.29, 0.717) is 6.42 Å². The second-order valence-electron chi connectivity index (χ2n) is 11.4. The van der Waals surface area contributed by atoms with Gasteiger partial charge in [-0.1, -0.05) is 154 Å². The van der Waals surface area contributed by atoms with Gasteiger partial charge in [0.05, 0.1) is 4.90 Å². The number of hydrogen-bond acceptors (Lipinski definition) is 3. The van der Waals surface area contributed by atoms with Gasteiger partial charge >= 0.3 is 51.4 Å². The topological polar surface area (TPSA) is 57.2 Å². The molecule has 0 aromatic heterocycles. The van der Waals surface area contributed by atoms with Crippen molar-refractivity contribution in [2.24, 2.45) is 0 Å². The van der Waals surface area contributed by atoms with Gasteiger partial charge in [0.15, 0.2) is 0 Å². The largest absolute Gasteiger partial charge is 1.00 e. The van der Waals surface area contributed by atoms with Crippen molar-refractivity contribution in [1.82, 2.24) is 0 Å². The minimum Gasteiger partial charge on any atom is -0.744 e. The van der Waals surface area contributed by atoms with E-state index in [4.69, 9.17) is 0 Å². The number of unbranched alkanes of at least 4 members (excludes halogenated alkanes) is 18. The van der Waals surface area contributed by atoms with E-state index in [-0.39, 0.29) is 56.3 Å². The van der Waals surface area contributed by atoms with Crippen LogP contribution >= 0.6 is 0 Å². The fraction of sp³-hybridized carbons (Fsp3) is 0.706. The van der Waals surface area contributed by atoms with Crippen molar-refractivity contribution in [3.8, 4) is 0 Å². The third kappa shape index (κ3) is 15.3. The number of hydrogen-bond donors (Lipinski definition) is 0. The number of benzene rings is 2. The van der Waals surface area contributed by atoms with Crippen molar-refractivity contribution in [3.63, 3.8) is 0 Å². The molecule has 2 aromatic carbocycles. The van der Waals surface area contributed by atoms with E-state index in [1.165, 1.54) is 103 Å². The summed E-state index contributed by atoms with van der Waals surface area (Å²) in [5, 5.41) is 2.08. The fourth-order valence-electron chi connectivity index (χ4n) is 5.76. The van der Waals surface area contributed by atoms with Gasteiger partial charge in [-0.2, -0.15) is 0 Å². The van der Waals surface area contributed by atoms with Crippen molar-refractivity contribution in [2.75, 3.05) is 0 Å². The molecule has 2 aromatic rings. The molecule has 0 N–H and O–H groups in total. The van der Waals surface area contributed by atoms with Crippen LogP contribution in [0.1, 0.15) is 153 Å². The molecule has 39 heavy (non-hydrogen) atoms. The fourth-order valence-corrected chi connectivity index (χ4v) is 6.56. The maximum absolute atomic E-state index is 12.3. The molecule has 216 valence electrons. The molecule has 0 atom stereocenters. The summed E-state index contributed by atoms with van der Waals surface area (Å²) in [5.74, 6) is 0. The summed E-state index contributed by atoms with van der Waals surface area (Å²) < 4.78 is 37.0. The summed E-state index contributed by atoms with van der Waals surface area (Å²) in [6.45, 7) is 4.50. The van der Waals surface area contributed by atoms with Crippen LogP contribution in [0.15, 0.2) is 35.2 Å². The Labute approximate surface area is 283 Å². The van der Waals surface area contributed by atoms with Crippen LogP contribution in [0, 0.1) is 0 Å². The van der Waals surface area contributed by atoms with E-state index in [1.54, 1.807) is 6.07 Å². The molecule has 0 saturated heterocycles. The van der Waals surface area contributed by atoms with Gasteiger partial charge in [0.25, 0.3) is 0 Å². The molecule has 0 aliphatic rings. The first-order valence-electron chi connectivity index (χ1n) is 16.0. The zero-order valence-electron chi connectivity index (χ0n) is 25.6. The zero-order chi connectivity index (χ0) is 27.5. The first-order valence-corrected chi connectivity index (χ1v) is 17.4. The molecule has 3 nitrogen and oxygen atoms in total. The molecule has 0 unspecified atom stereocenters. The van der Waals surface area contributed by atoms with Crippen molar-refractivity contribution in [1.29, 1.82) is 0 Å². The van der Waals surface area contributed by atoms with E-state index in [2.05, 4.69) is 19.9 Å². The summed E-state index contributed by atoms with van der Waals surface area (Å²) in [7, 11) is -4.51. The Morgan fingerprint density at radius 2 is 0.949 bits per heavy atom. The van der Waals surface area contributed by atoms with Gasteiger partial charge < -0.3 is 4.55 Å². The van der Waals surface area contributed by atoms with Crippen LogP contribution in [-0.2, 0) is 23.0 Å². The van der Waals surface area contributed by atoms with Crippen molar-refractivity contribution < 1.29 is 64.4 Å². The Morgan fingerprint density at radius 1 is 0.564 bits per heavy atom. The minimum atomic E-state index is -4.51. The number of rotatable bonds is 23. The molecular formula is C34H55KO3S. The van der Waals surface area contributed by atoms with Crippen LogP contribution in [0.5, 0.6) is 0 Å². The van der Waals surface area contributed by atoms with E-state index in [0.717, 1.165) is 54.0 Å². The Balaban J connectivity index is 0.00000760. The molecule has 0 saturated carbocycles. The Kier molecular flexibility index (Phi) is 21.8. The van der Waals surface area contributed by atoms with Crippen molar-refractivity contribution in [2.45, 2.75) is 160 Å². The zero-order valence-corrected chi connectivity index (χ0v) is 29.5. The number of fused-ring (bicyclic) bond motifs is 1. The van der Waals surface area contributed by atoms with E-state index in [1.807, 2.05) is 18.2 Å². The van der Waals surface area contributed by atoms with Gasteiger partial charge in [-0.3, -0.25) is 0 Å². The molecule has 2 rings (SSSR count). The SMILES string of the molecule is CCCCCCCCCCCCc1cc(S(=O)(=O)[O-])c(CCCCCCCCCCCC)c2ccccc12.[K+]. The van der Waals surface area contributed by atoms with Gasteiger partial charge in [-0.05, 0) is 53.6 Å². The molecule has 0 fully saturated rings. The van der Waals surface area contributed by atoms with Gasteiger partial charge in [-0.25, -0.2) is 8.42 Å². The molecule has 0 radical (unpaired) electrons. The van der Waals surface area contributed by atoms with Crippen LogP contribution in [0.3, 0.4) is 0 Å². The van der Waals surface area contributed by atoms with Gasteiger partial charge in [0.1, 0.15) is 10.1 Å². The van der Waals surface area contributed by atoms with E-state index in [9.17, 15) is 13.0 Å². The Hall–Kier alpha value is 0.246. The molecule has 5 heteroatoms. The number of aryl methyl sites for hydroxylation is 2. The average Bonchev–Trinajstić information content (AvgIpc) is 2.90. The van der Waals surface area contributed by atoms with Gasteiger partial charge in [-0.15, -0.1) is 0 Å². The second-order valence-corrected chi connectivity index (χ2v) is 12.7. The van der Waals surface area contributed by atoms with Gasteiger partial charge in [0.2, 0.25) is 0 Å². The summed E-state index contributed by atoms with van der Waals surface area (Å²) in [6, 6.07) is 9.82. The normalized spacial score (nSPS) is 11.7. The average molecular weight is 583 g/mol. The smallest absolute Gasteiger partial charge is 0.744 e. The van der Waals surface area contributed by atoms with Gasteiger partial charge in [0, 0.05) is 0 Å². The maximum Gasteiger partial charge on any atom is 1.00 e. The van der Waals surface area contributed by atoms with E-state index >= 15 is 0 Å². The first-order chi connectivity index (χ1) is 18.5. The molecule has 0 heterocycles. The monoisotopic (exact) mass is 582 g/mol. The quantitative estimate of drug-likeness (QED) is 0.0767. The Bertz CT molecular complexity index is 1000. The first kappa shape index (κ1) is 37.3. The van der Waals surface area contributed by atoms with Crippen LogP contribution in [0.2, 0.25) is 0 Å². The standard InChI is InChI=1S/C34H56O3S.K/c1-3-5-7-9-11-13-15-17-19-21-25-30-29-34(38(35,36)37)33(32-27-24-23-26-31(30)32)28-22-20-18-16-14-12-10-8-6-4-2;/h23-24,26-27,29H,3-22,25,28H2,1-2H3,(H,35,36,37);/q;+1/p-1. The second kappa shape index (κ2) is 22.8. The summed E-state index contributed by atoms with van der Waals surface area (Å²) in [4.78, 5) is 0.0224. The van der Waals surface area contributed by atoms with Crippen LogP contribution < -0.4 is 51.4 Å². The van der Waals surface area contributed by atoms with Crippen LogP contribution in [-0.4, -0.2) is 13.0 Å². The van der Waals surface area contributed by atoms with E-state index < -0.39 is 10.1 Å². The maximum atomic E-state index is 12.3. The summed E-state index contributed by atoms with van der Waals surface area (Å²) >= 11 is 0. The molecule has 0 aliphatic carbocycles. The van der Waals surface area contributed by atoms with Crippen molar-refractivity contribution in [3.05, 3.63) is 41.5 Å².